The summed E-state index contributed by atoms with van der Waals surface area (Å²) in [5.74, 6) is -0.688. The Hall–Kier alpha value is -3.69. The quantitative estimate of drug-likeness (QED) is 0.469. The number of carbonyl (C=O) groups is 1. The van der Waals surface area contributed by atoms with Gasteiger partial charge in [0.15, 0.2) is 0 Å². The van der Waals surface area contributed by atoms with Crippen LogP contribution in [0, 0.1) is 0 Å². The Bertz CT molecular complexity index is 1360. The minimum atomic E-state index is -3.86. The van der Waals surface area contributed by atoms with Crippen molar-refractivity contribution in [3.05, 3.63) is 90.4 Å². The van der Waals surface area contributed by atoms with E-state index in [4.69, 9.17) is 10.8 Å². The highest BCUT2D eigenvalue weighted by Gasteiger charge is 2.26. The van der Waals surface area contributed by atoms with Crippen LogP contribution in [0.5, 0.6) is 0 Å². The van der Waals surface area contributed by atoms with E-state index in [0.717, 1.165) is 16.8 Å². The largest absolute Gasteiger partial charge is 0.364 e. The van der Waals surface area contributed by atoms with Gasteiger partial charge >= 0.3 is 0 Å². The zero-order chi connectivity index (χ0) is 22.9. The van der Waals surface area contributed by atoms with Gasteiger partial charge in [-0.15, -0.1) is 0 Å². The third-order valence-corrected chi connectivity index (χ3v) is 6.96. The van der Waals surface area contributed by atoms with Crippen LogP contribution in [0.25, 0.3) is 16.9 Å². The van der Waals surface area contributed by atoms with Crippen molar-refractivity contribution in [3.8, 4) is 16.9 Å². The number of nitrogens with two attached hydrogens (primary N) is 1. The fourth-order valence-corrected chi connectivity index (χ4v) is 4.72. The van der Waals surface area contributed by atoms with Crippen LogP contribution < -0.4 is 5.73 Å². The first-order valence-corrected chi connectivity index (χ1v) is 11.3. The molecule has 2 heterocycles. The topological polar surface area (TPSA) is 103 Å². The monoisotopic (exact) mass is 449 g/mol. The number of primary amides is 1. The van der Waals surface area contributed by atoms with Crippen molar-refractivity contribution in [3.63, 3.8) is 0 Å². The molecule has 0 aliphatic heterocycles. The van der Waals surface area contributed by atoms with E-state index in [1.807, 2.05) is 66.9 Å². The summed E-state index contributed by atoms with van der Waals surface area (Å²) in [5, 5.41) is 4.73. The van der Waals surface area contributed by atoms with Crippen LogP contribution in [0.4, 0.5) is 0 Å². The van der Waals surface area contributed by atoms with Crippen LogP contribution in [0.15, 0.2) is 84.0 Å². The molecule has 2 N–H and O–H groups in total. The van der Waals surface area contributed by atoms with Gasteiger partial charge in [0.2, 0.25) is 10.0 Å². The number of rotatable bonds is 7. The maximum atomic E-state index is 13.2. The Labute approximate surface area is 186 Å². The first kappa shape index (κ1) is 21.5. The lowest BCUT2D eigenvalue weighted by Gasteiger charge is -2.16. The van der Waals surface area contributed by atoms with Crippen LogP contribution in [-0.2, 0) is 23.6 Å². The second-order valence-corrected chi connectivity index (χ2v) is 9.49. The van der Waals surface area contributed by atoms with Crippen molar-refractivity contribution in [1.29, 1.82) is 0 Å². The first-order valence-electron chi connectivity index (χ1n) is 9.89. The summed E-state index contributed by atoms with van der Waals surface area (Å²) in [6, 6.07) is 20.5. The molecule has 0 unspecified atom stereocenters. The van der Waals surface area contributed by atoms with E-state index in [2.05, 4.69) is 0 Å². The molecule has 9 heteroatoms. The van der Waals surface area contributed by atoms with Gasteiger partial charge < -0.3 is 10.3 Å². The van der Waals surface area contributed by atoms with Crippen molar-refractivity contribution < 1.29 is 13.2 Å². The zero-order valence-electron chi connectivity index (χ0n) is 17.7. The molecule has 0 aliphatic carbocycles. The summed E-state index contributed by atoms with van der Waals surface area (Å²) in [6.07, 6.45) is 3.22. The lowest BCUT2D eigenvalue weighted by molar-refractivity contribution is 0.0992. The third kappa shape index (κ3) is 4.08. The second-order valence-electron chi connectivity index (χ2n) is 7.45. The highest BCUT2D eigenvalue weighted by atomic mass is 32.2. The van der Waals surface area contributed by atoms with Gasteiger partial charge in [-0.05, 0) is 18.2 Å². The predicted molar refractivity (Wildman–Crippen MR) is 122 cm³/mol. The highest BCUT2D eigenvalue weighted by Crippen LogP contribution is 2.27. The van der Waals surface area contributed by atoms with Gasteiger partial charge in [-0.3, -0.25) is 4.79 Å². The van der Waals surface area contributed by atoms with E-state index < -0.39 is 15.9 Å². The molecule has 0 saturated heterocycles. The number of sulfonamides is 1. The molecule has 164 valence electrons. The fourth-order valence-electron chi connectivity index (χ4n) is 3.50. The average Bonchev–Trinajstić information content (AvgIpc) is 3.39. The smallest absolute Gasteiger partial charge is 0.265 e. The van der Waals surface area contributed by atoms with E-state index in [9.17, 15) is 13.2 Å². The summed E-state index contributed by atoms with van der Waals surface area (Å²) < 4.78 is 30.8. The molecule has 1 amide bonds. The minimum absolute atomic E-state index is 0.00742. The van der Waals surface area contributed by atoms with Gasteiger partial charge in [-0.25, -0.2) is 13.1 Å². The Morgan fingerprint density at radius 3 is 2.25 bits per heavy atom. The molecule has 2 aromatic heterocycles. The maximum Gasteiger partial charge on any atom is 0.265 e. The molecule has 0 bridgehead atoms. The minimum Gasteiger partial charge on any atom is -0.364 e. The molecule has 0 saturated carbocycles. The van der Waals surface area contributed by atoms with Gasteiger partial charge in [-0.2, -0.15) is 9.40 Å². The number of hydrogen-bond acceptors (Lipinski definition) is 4. The van der Waals surface area contributed by atoms with Crippen molar-refractivity contribution in [2.45, 2.75) is 11.4 Å². The summed E-state index contributed by atoms with van der Waals surface area (Å²) >= 11 is 0. The zero-order valence-corrected chi connectivity index (χ0v) is 18.5. The summed E-state index contributed by atoms with van der Waals surface area (Å²) in [4.78, 5) is 11.6. The molecular formula is C23H23N5O3S. The number of carbonyl (C=O) groups excluding carboxylic acids is 1. The molecule has 8 nitrogen and oxygen atoms in total. The van der Waals surface area contributed by atoms with E-state index >= 15 is 0 Å². The normalized spacial score (nSPS) is 11.7. The van der Waals surface area contributed by atoms with Gasteiger partial charge in [0.1, 0.15) is 10.6 Å². The number of amides is 1. The summed E-state index contributed by atoms with van der Waals surface area (Å²) in [6.45, 7) is 0.0974. The lowest BCUT2D eigenvalue weighted by Crippen LogP contribution is -2.26. The number of aromatic nitrogens is 3. The number of hydrogen-bond donors (Lipinski definition) is 1. The van der Waals surface area contributed by atoms with Crippen LogP contribution in [-0.4, -0.2) is 40.0 Å². The highest BCUT2D eigenvalue weighted by molar-refractivity contribution is 7.89. The van der Waals surface area contributed by atoms with Crippen LogP contribution in [0.2, 0.25) is 0 Å². The molecule has 32 heavy (non-hydrogen) atoms. The Balaban J connectivity index is 1.72. The lowest BCUT2D eigenvalue weighted by atomic mass is 10.1. The molecule has 0 aliphatic rings. The summed E-state index contributed by atoms with van der Waals surface area (Å²) in [7, 11) is -0.778. The molecule has 4 aromatic rings. The van der Waals surface area contributed by atoms with Gasteiger partial charge in [0.25, 0.3) is 5.91 Å². The Morgan fingerprint density at radius 1 is 1.03 bits per heavy atom. The van der Waals surface area contributed by atoms with E-state index in [-0.39, 0.29) is 17.1 Å². The van der Waals surface area contributed by atoms with E-state index in [0.29, 0.717) is 5.69 Å². The second kappa shape index (κ2) is 8.45. The molecule has 4 rings (SSSR count). The average molecular weight is 450 g/mol. The maximum absolute atomic E-state index is 13.2. The van der Waals surface area contributed by atoms with Gasteiger partial charge in [0.05, 0.1) is 11.4 Å². The Kier molecular flexibility index (Phi) is 5.68. The van der Waals surface area contributed by atoms with Crippen LogP contribution in [0.3, 0.4) is 0 Å². The SMILES string of the molecule is CN(Cc1cn(-c2ccccc2)nc1-c1ccccc1)S(=O)(=O)c1cc(C(N)=O)n(C)c1. The first-order chi connectivity index (χ1) is 15.3. The summed E-state index contributed by atoms with van der Waals surface area (Å²) in [5.41, 5.74) is 8.66. The fraction of sp³-hybridized carbons (Fsp3) is 0.130. The molecular weight excluding hydrogens is 426 g/mol. The van der Waals surface area contributed by atoms with Gasteiger partial charge in [-0.1, -0.05) is 48.5 Å². The van der Waals surface area contributed by atoms with Crippen molar-refractivity contribution in [2.75, 3.05) is 7.05 Å². The molecule has 0 fully saturated rings. The Morgan fingerprint density at radius 2 is 1.66 bits per heavy atom. The predicted octanol–water partition coefficient (Wildman–Crippen LogP) is 2.80. The van der Waals surface area contributed by atoms with Crippen LogP contribution in [0.1, 0.15) is 16.1 Å². The molecule has 2 aromatic carbocycles. The molecule has 0 spiro atoms. The van der Waals surface area contributed by atoms with Crippen molar-refractivity contribution in [1.82, 2.24) is 18.7 Å². The number of aryl methyl sites for hydroxylation is 1. The number of benzene rings is 2. The van der Waals surface area contributed by atoms with Crippen LogP contribution >= 0.6 is 0 Å². The number of para-hydroxylation sites is 1. The molecule has 0 atom stereocenters. The van der Waals surface area contributed by atoms with E-state index in [1.165, 1.54) is 28.2 Å². The standard InChI is InChI=1S/C23H23N5O3S/c1-26-16-20(13-21(26)23(24)29)32(30,31)27(2)14-18-15-28(19-11-7-4-8-12-19)25-22(18)17-9-5-3-6-10-17/h3-13,15-16H,14H2,1-2H3,(H2,24,29). The van der Waals surface area contributed by atoms with Crippen molar-refractivity contribution in [2.24, 2.45) is 12.8 Å². The molecule has 0 radical (unpaired) electrons. The van der Waals surface area contributed by atoms with E-state index in [1.54, 1.807) is 11.7 Å². The number of nitrogens with zero attached hydrogens (tertiary/aromatic N) is 4. The third-order valence-electron chi connectivity index (χ3n) is 5.19. The van der Waals surface area contributed by atoms with Crippen molar-refractivity contribution >= 4 is 15.9 Å². The van der Waals surface area contributed by atoms with Gasteiger partial charge in [0, 0.05) is 44.2 Å².